The molecule has 0 saturated carbocycles. The molecule has 1 aromatic carbocycles. The Bertz CT molecular complexity index is 410. The smallest absolute Gasteiger partial charge is 0.407 e. The molecule has 1 amide bonds. The first kappa shape index (κ1) is 15.3. The molecule has 0 spiro atoms. The molecule has 0 radical (unpaired) electrons. The number of alkyl carbamates (subject to hydrolysis) is 1. The molecule has 6 heteroatoms. The van der Waals surface area contributed by atoms with Crippen LogP contribution in [0.5, 0.6) is 0 Å². The van der Waals surface area contributed by atoms with Crippen LogP contribution in [0.1, 0.15) is 18.4 Å². The van der Waals surface area contributed by atoms with Crippen molar-refractivity contribution in [2.24, 2.45) is 0 Å². The summed E-state index contributed by atoms with van der Waals surface area (Å²) < 4.78 is 5.01. The zero-order valence-electron chi connectivity index (χ0n) is 10.3. The van der Waals surface area contributed by atoms with Gasteiger partial charge in [-0.2, -0.15) is 0 Å². The van der Waals surface area contributed by atoms with E-state index in [1.165, 1.54) is 0 Å². The van der Waals surface area contributed by atoms with E-state index in [1.807, 2.05) is 30.3 Å². The number of aliphatic carboxylic acids is 1. The van der Waals surface area contributed by atoms with Gasteiger partial charge >= 0.3 is 12.1 Å². The molecule has 104 valence electrons. The third-order valence-corrected chi connectivity index (χ3v) is 2.80. The van der Waals surface area contributed by atoms with E-state index < -0.39 is 18.1 Å². The van der Waals surface area contributed by atoms with Gasteiger partial charge in [0.1, 0.15) is 6.61 Å². The van der Waals surface area contributed by atoms with Crippen LogP contribution in [0.3, 0.4) is 0 Å². The van der Waals surface area contributed by atoms with E-state index in [4.69, 9.17) is 21.4 Å². The zero-order valence-corrected chi connectivity index (χ0v) is 11.1. The van der Waals surface area contributed by atoms with Gasteiger partial charge in [0.15, 0.2) is 0 Å². The highest BCUT2D eigenvalue weighted by Crippen LogP contribution is 2.03. The van der Waals surface area contributed by atoms with E-state index in [0.29, 0.717) is 0 Å². The summed E-state index contributed by atoms with van der Waals surface area (Å²) in [5.74, 6) is -0.775. The van der Waals surface area contributed by atoms with Gasteiger partial charge in [0, 0.05) is 18.3 Å². The van der Waals surface area contributed by atoms with E-state index in [-0.39, 0.29) is 25.3 Å². The molecule has 0 fully saturated rings. The quantitative estimate of drug-likeness (QED) is 0.754. The Morgan fingerprint density at radius 1 is 1.32 bits per heavy atom. The minimum atomic E-state index is -0.922. The maximum atomic E-state index is 11.5. The number of hydrogen-bond donors (Lipinski definition) is 2. The fourth-order valence-electron chi connectivity index (χ4n) is 1.42. The van der Waals surface area contributed by atoms with Crippen molar-refractivity contribution in [2.75, 3.05) is 5.88 Å². The summed E-state index contributed by atoms with van der Waals surface area (Å²) in [6, 6.07) is 8.86. The number of alkyl halides is 1. The Kier molecular flexibility index (Phi) is 6.74. The van der Waals surface area contributed by atoms with Crippen LogP contribution in [0, 0.1) is 0 Å². The number of carbonyl (C=O) groups is 2. The minimum Gasteiger partial charge on any atom is -0.481 e. The summed E-state index contributed by atoms with van der Waals surface area (Å²) in [6.45, 7) is 0.167. The summed E-state index contributed by atoms with van der Waals surface area (Å²) in [6.07, 6.45) is -0.366. The van der Waals surface area contributed by atoms with Gasteiger partial charge in [0.2, 0.25) is 0 Å². The van der Waals surface area contributed by atoms with Gasteiger partial charge in [-0.3, -0.25) is 4.79 Å². The summed E-state index contributed by atoms with van der Waals surface area (Å²) in [7, 11) is 0. The van der Waals surface area contributed by atoms with E-state index in [2.05, 4.69) is 5.32 Å². The number of ether oxygens (including phenoxy) is 1. The standard InChI is InChI=1S/C13H16ClNO4/c14-8-11(6-7-12(16)17)15-13(18)19-9-10-4-2-1-3-5-10/h1-5,11H,6-9H2,(H,15,18)(H,16,17)/t11-/m0/s1. The van der Waals surface area contributed by atoms with Crippen molar-refractivity contribution in [3.8, 4) is 0 Å². The van der Waals surface area contributed by atoms with Crippen LogP contribution in [-0.4, -0.2) is 29.1 Å². The molecule has 19 heavy (non-hydrogen) atoms. The normalized spacial score (nSPS) is 11.6. The van der Waals surface area contributed by atoms with E-state index >= 15 is 0 Å². The lowest BCUT2D eigenvalue weighted by atomic mass is 10.2. The lowest BCUT2D eigenvalue weighted by molar-refractivity contribution is -0.137. The molecule has 1 aromatic rings. The molecule has 0 unspecified atom stereocenters. The van der Waals surface area contributed by atoms with Gasteiger partial charge in [-0.1, -0.05) is 30.3 Å². The molecule has 0 bridgehead atoms. The van der Waals surface area contributed by atoms with Crippen molar-refractivity contribution >= 4 is 23.7 Å². The SMILES string of the molecule is O=C(O)CC[C@@H](CCl)NC(=O)OCc1ccccc1. The Balaban J connectivity index is 2.30. The molecule has 0 heterocycles. The molecule has 5 nitrogen and oxygen atoms in total. The molecular formula is C13H16ClNO4. The minimum absolute atomic E-state index is 0.0453. The fourth-order valence-corrected chi connectivity index (χ4v) is 1.65. The second-order valence-corrected chi connectivity index (χ2v) is 4.30. The number of benzene rings is 1. The molecule has 0 aromatic heterocycles. The zero-order chi connectivity index (χ0) is 14.1. The van der Waals surface area contributed by atoms with Gasteiger partial charge in [0.25, 0.3) is 0 Å². The van der Waals surface area contributed by atoms with Crippen LogP contribution in [0.25, 0.3) is 0 Å². The first-order valence-corrected chi connectivity index (χ1v) is 6.40. The highest BCUT2D eigenvalue weighted by molar-refractivity contribution is 6.18. The van der Waals surface area contributed by atoms with Gasteiger partial charge in [-0.15, -0.1) is 11.6 Å². The molecule has 0 aliphatic carbocycles. The maximum absolute atomic E-state index is 11.5. The number of hydrogen-bond acceptors (Lipinski definition) is 3. The predicted molar refractivity (Wildman–Crippen MR) is 71.1 cm³/mol. The average molecular weight is 286 g/mol. The Morgan fingerprint density at radius 3 is 2.58 bits per heavy atom. The average Bonchev–Trinajstić information content (AvgIpc) is 2.42. The second kappa shape index (κ2) is 8.37. The van der Waals surface area contributed by atoms with E-state index in [9.17, 15) is 9.59 Å². The Labute approximate surface area is 116 Å². The van der Waals surface area contributed by atoms with E-state index in [1.54, 1.807) is 0 Å². The topological polar surface area (TPSA) is 75.6 Å². The van der Waals surface area contributed by atoms with Gasteiger partial charge in [-0.25, -0.2) is 4.79 Å². The summed E-state index contributed by atoms with van der Waals surface area (Å²) >= 11 is 5.65. The Hall–Kier alpha value is -1.75. The van der Waals surface area contributed by atoms with Crippen molar-refractivity contribution in [3.05, 3.63) is 35.9 Å². The number of amides is 1. The van der Waals surface area contributed by atoms with Crippen molar-refractivity contribution < 1.29 is 19.4 Å². The van der Waals surface area contributed by atoms with Crippen LogP contribution >= 0.6 is 11.6 Å². The van der Waals surface area contributed by atoms with Crippen LogP contribution in [0.2, 0.25) is 0 Å². The third kappa shape index (κ3) is 6.67. The highest BCUT2D eigenvalue weighted by Gasteiger charge is 2.13. The van der Waals surface area contributed by atoms with Crippen LogP contribution in [0.4, 0.5) is 4.79 Å². The van der Waals surface area contributed by atoms with Crippen molar-refractivity contribution in [1.82, 2.24) is 5.32 Å². The van der Waals surface area contributed by atoms with E-state index in [0.717, 1.165) is 5.56 Å². The van der Waals surface area contributed by atoms with Crippen LogP contribution < -0.4 is 5.32 Å². The third-order valence-electron chi connectivity index (χ3n) is 2.43. The lowest BCUT2D eigenvalue weighted by Crippen LogP contribution is -2.36. The number of halogens is 1. The number of carboxylic acid groups (broad SMARTS) is 1. The van der Waals surface area contributed by atoms with Gasteiger partial charge in [-0.05, 0) is 12.0 Å². The molecule has 1 rings (SSSR count). The van der Waals surface area contributed by atoms with Gasteiger partial charge in [0.05, 0.1) is 0 Å². The molecule has 2 N–H and O–H groups in total. The number of rotatable bonds is 7. The van der Waals surface area contributed by atoms with Crippen molar-refractivity contribution in [2.45, 2.75) is 25.5 Å². The molecule has 1 atom stereocenters. The monoisotopic (exact) mass is 285 g/mol. The largest absolute Gasteiger partial charge is 0.481 e. The second-order valence-electron chi connectivity index (χ2n) is 3.99. The highest BCUT2D eigenvalue weighted by atomic mass is 35.5. The van der Waals surface area contributed by atoms with Crippen molar-refractivity contribution in [3.63, 3.8) is 0 Å². The summed E-state index contributed by atoms with van der Waals surface area (Å²) in [5.41, 5.74) is 0.880. The number of carbonyl (C=O) groups excluding carboxylic acids is 1. The molecule has 0 saturated heterocycles. The molecule has 0 aliphatic heterocycles. The number of nitrogens with one attached hydrogen (secondary N) is 1. The Morgan fingerprint density at radius 2 is 2.00 bits per heavy atom. The summed E-state index contributed by atoms with van der Waals surface area (Å²) in [4.78, 5) is 21.9. The predicted octanol–water partition coefficient (Wildman–Crippen LogP) is 2.39. The van der Waals surface area contributed by atoms with Crippen LogP contribution in [0.15, 0.2) is 30.3 Å². The van der Waals surface area contributed by atoms with Crippen molar-refractivity contribution in [1.29, 1.82) is 0 Å². The number of carboxylic acids is 1. The lowest BCUT2D eigenvalue weighted by Gasteiger charge is -2.15. The first-order chi connectivity index (χ1) is 9.11. The maximum Gasteiger partial charge on any atom is 0.407 e. The molecular weight excluding hydrogens is 270 g/mol. The summed E-state index contributed by atoms with van der Waals surface area (Å²) in [5, 5.41) is 11.1. The first-order valence-electron chi connectivity index (χ1n) is 5.86. The molecule has 0 aliphatic rings. The fraction of sp³-hybridized carbons (Fsp3) is 0.385. The van der Waals surface area contributed by atoms with Gasteiger partial charge < -0.3 is 15.2 Å². The van der Waals surface area contributed by atoms with Crippen LogP contribution in [-0.2, 0) is 16.1 Å².